The highest BCUT2D eigenvalue weighted by Gasteiger charge is 2.33. The SMILES string of the molecule is C=C(Nc1nc(NC2CC2)nc(C2=C(F)C(O)CCC2)n1)C(F)(F)F. The van der Waals surface area contributed by atoms with Crippen molar-refractivity contribution in [3.8, 4) is 0 Å². The number of nitrogens with one attached hydrogen (secondary N) is 2. The normalized spacial score (nSPS) is 21.2. The van der Waals surface area contributed by atoms with Gasteiger partial charge in [0.2, 0.25) is 11.9 Å². The van der Waals surface area contributed by atoms with Gasteiger partial charge in [-0.1, -0.05) is 6.58 Å². The van der Waals surface area contributed by atoms with E-state index in [1.807, 2.05) is 5.32 Å². The Morgan fingerprint density at radius 3 is 2.44 bits per heavy atom. The van der Waals surface area contributed by atoms with Gasteiger partial charge in [-0.25, -0.2) is 4.39 Å². The maximum atomic E-state index is 14.2. The summed E-state index contributed by atoms with van der Waals surface area (Å²) in [5.41, 5.74) is -1.15. The Bertz CT molecular complexity index is 714. The van der Waals surface area contributed by atoms with Gasteiger partial charge in [-0.05, 0) is 32.1 Å². The monoisotopic (exact) mass is 359 g/mol. The molecule has 2 aliphatic carbocycles. The van der Waals surface area contributed by atoms with E-state index in [0.29, 0.717) is 6.42 Å². The molecule has 0 saturated heterocycles. The Kier molecular flexibility index (Phi) is 4.63. The van der Waals surface area contributed by atoms with Crippen LogP contribution in [0, 0.1) is 0 Å². The van der Waals surface area contributed by atoms with Crippen LogP contribution in [-0.2, 0) is 0 Å². The largest absolute Gasteiger partial charge is 0.430 e. The van der Waals surface area contributed by atoms with Crippen molar-refractivity contribution in [3.63, 3.8) is 0 Å². The fourth-order valence-corrected chi connectivity index (χ4v) is 2.39. The van der Waals surface area contributed by atoms with Gasteiger partial charge in [0.15, 0.2) is 5.82 Å². The van der Waals surface area contributed by atoms with Crippen LogP contribution in [0.4, 0.5) is 29.5 Å². The topological polar surface area (TPSA) is 83.0 Å². The first-order chi connectivity index (χ1) is 11.7. The van der Waals surface area contributed by atoms with Gasteiger partial charge in [-0.3, -0.25) is 0 Å². The van der Waals surface area contributed by atoms with Gasteiger partial charge in [0.1, 0.15) is 17.6 Å². The molecular weight excluding hydrogens is 342 g/mol. The van der Waals surface area contributed by atoms with Crippen molar-refractivity contribution in [1.82, 2.24) is 15.0 Å². The average molecular weight is 359 g/mol. The summed E-state index contributed by atoms with van der Waals surface area (Å²) in [6.45, 7) is 2.91. The van der Waals surface area contributed by atoms with Crippen LogP contribution < -0.4 is 10.6 Å². The van der Waals surface area contributed by atoms with Crippen molar-refractivity contribution in [2.24, 2.45) is 0 Å². The molecule has 1 unspecified atom stereocenters. The van der Waals surface area contributed by atoms with Crippen LogP contribution in [0.3, 0.4) is 0 Å². The minimum absolute atomic E-state index is 0.0605. The van der Waals surface area contributed by atoms with Crippen LogP contribution in [0.1, 0.15) is 37.9 Å². The lowest BCUT2D eigenvalue weighted by Crippen LogP contribution is -2.21. The van der Waals surface area contributed by atoms with E-state index >= 15 is 0 Å². The van der Waals surface area contributed by atoms with Crippen LogP contribution in [0.15, 0.2) is 18.1 Å². The number of nitrogens with zero attached hydrogens (tertiary/aromatic N) is 3. The summed E-state index contributed by atoms with van der Waals surface area (Å²) in [6, 6.07) is 0.143. The number of alkyl halides is 3. The molecule has 1 heterocycles. The molecule has 25 heavy (non-hydrogen) atoms. The van der Waals surface area contributed by atoms with E-state index in [9.17, 15) is 22.7 Å². The molecule has 136 valence electrons. The Morgan fingerprint density at radius 2 is 1.80 bits per heavy atom. The molecular formula is C15H17F4N5O. The van der Waals surface area contributed by atoms with Crippen molar-refractivity contribution in [3.05, 3.63) is 23.9 Å². The summed E-state index contributed by atoms with van der Waals surface area (Å²) in [5, 5.41) is 14.6. The van der Waals surface area contributed by atoms with Crippen molar-refractivity contribution in [2.75, 3.05) is 10.6 Å². The second kappa shape index (κ2) is 6.58. The van der Waals surface area contributed by atoms with Gasteiger partial charge in [-0.2, -0.15) is 28.1 Å². The molecule has 0 radical (unpaired) electrons. The molecule has 10 heteroatoms. The first-order valence-corrected chi connectivity index (χ1v) is 7.86. The highest BCUT2D eigenvalue weighted by molar-refractivity contribution is 5.65. The predicted molar refractivity (Wildman–Crippen MR) is 83.2 cm³/mol. The number of aromatic nitrogens is 3. The summed E-state index contributed by atoms with van der Waals surface area (Å²) in [6.07, 6.45) is -3.02. The second-order valence-electron chi connectivity index (χ2n) is 6.06. The molecule has 0 spiro atoms. The fourth-order valence-electron chi connectivity index (χ4n) is 2.39. The highest BCUT2D eigenvalue weighted by Crippen LogP contribution is 2.33. The maximum absolute atomic E-state index is 14.2. The molecule has 0 aromatic carbocycles. The number of aliphatic hydroxyl groups excluding tert-OH is 1. The zero-order valence-electron chi connectivity index (χ0n) is 13.2. The third-order valence-corrected chi connectivity index (χ3v) is 3.91. The Hall–Kier alpha value is -2.23. The van der Waals surface area contributed by atoms with Gasteiger partial charge < -0.3 is 15.7 Å². The van der Waals surface area contributed by atoms with Crippen molar-refractivity contribution in [2.45, 2.75) is 50.4 Å². The molecule has 0 amide bonds. The zero-order valence-corrected chi connectivity index (χ0v) is 13.2. The number of aliphatic hydroxyl groups is 1. The van der Waals surface area contributed by atoms with Crippen LogP contribution >= 0.6 is 0 Å². The quantitative estimate of drug-likeness (QED) is 0.701. The maximum Gasteiger partial charge on any atom is 0.430 e. The Labute approximate surface area is 141 Å². The molecule has 6 nitrogen and oxygen atoms in total. The van der Waals surface area contributed by atoms with Crippen molar-refractivity contribution < 1.29 is 22.7 Å². The highest BCUT2D eigenvalue weighted by atomic mass is 19.4. The number of allylic oxidation sites excluding steroid dienone is 2. The second-order valence-corrected chi connectivity index (χ2v) is 6.06. The fraction of sp³-hybridized carbons (Fsp3) is 0.533. The summed E-state index contributed by atoms with van der Waals surface area (Å²) < 4.78 is 52.2. The number of hydrogen-bond donors (Lipinski definition) is 3. The summed E-state index contributed by atoms with van der Waals surface area (Å²) in [5.74, 6) is -1.16. The lowest BCUT2D eigenvalue weighted by molar-refractivity contribution is -0.0899. The number of anilines is 2. The Balaban J connectivity index is 1.95. The molecule has 1 aromatic heterocycles. The average Bonchev–Trinajstić information content (AvgIpc) is 3.32. The molecule has 1 aromatic rings. The first-order valence-electron chi connectivity index (χ1n) is 7.86. The van der Waals surface area contributed by atoms with Gasteiger partial charge >= 0.3 is 6.18 Å². The minimum Gasteiger partial charge on any atom is -0.386 e. The van der Waals surface area contributed by atoms with E-state index in [0.717, 1.165) is 12.8 Å². The molecule has 1 fully saturated rings. The van der Waals surface area contributed by atoms with Gasteiger partial charge in [0.25, 0.3) is 0 Å². The van der Waals surface area contributed by atoms with Gasteiger partial charge in [0, 0.05) is 11.6 Å². The predicted octanol–water partition coefficient (Wildman–Crippen LogP) is 3.16. The van der Waals surface area contributed by atoms with E-state index in [4.69, 9.17) is 0 Å². The number of rotatable bonds is 5. The standard InChI is InChI=1S/C15H17F4N5O/c1-7(15(17,18)19)20-13-22-12(9-3-2-4-10(25)11(9)16)23-14(24-13)21-8-5-6-8/h8,10,25H,1-6H2,(H2,20,21,22,23,24). The Morgan fingerprint density at radius 1 is 1.12 bits per heavy atom. The zero-order chi connectivity index (χ0) is 18.2. The van der Waals surface area contributed by atoms with E-state index in [1.165, 1.54) is 0 Å². The lowest BCUT2D eigenvalue weighted by Gasteiger charge is -2.19. The summed E-state index contributed by atoms with van der Waals surface area (Å²) in [7, 11) is 0. The van der Waals surface area contributed by atoms with E-state index in [1.54, 1.807) is 0 Å². The number of hydrogen-bond acceptors (Lipinski definition) is 6. The summed E-state index contributed by atoms with van der Waals surface area (Å²) in [4.78, 5) is 11.9. The molecule has 3 N–H and O–H groups in total. The van der Waals surface area contributed by atoms with Crippen LogP contribution in [0.5, 0.6) is 0 Å². The molecule has 3 rings (SSSR count). The van der Waals surface area contributed by atoms with Gasteiger partial charge in [-0.15, -0.1) is 0 Å². The van der Waals surface area contributed by atoms with Crippen molar-refractivity contribution in [1.29, 1.82) is 0 Å². The van der Waals surface area contributed by atoms with E-state index in [2.05, 4.69) is 26.8 Å². The van der Waals surface area contributed by atoms with Crippen LogP contribution in [-0.4, -0.2) is 38.4 Å². The molecule has 2 aliphatic rings. The van der Waals surface area contributed by atoms with E-state index < -0.39 is 23.8 Å². The third-order valence-electron chi connectivity index (χ3n) is 3.91. The first kappa shape index (κ1) is 17.6. The smallest absolute Gasteiger partial charge is 0.386 e. The molecule has 0 aliphatic heterocycles. The van der Waals surface area contributed by atoms with Gasteiger partial charge in [0.05, 0.1) is 0 Å². The van der Waals surface area contributed by atoms with Crippen LogP contribution in [0.25, 0.3) is 5.57 Å². The van der Waals surface area contributed by atoms with Crippen molar-refractivity contribution >= 4 is 17.5 Å². The van der Waals surface area contributed by atoms with Crippen LogP contribution in [0.2, 0.25) is 0 Å². The van der Waals surface area contributed by atoms with E-state index in [-0.39, 0.29) is 42.2 Å². The number of halogens is 4. The molecule has 1 saturated carbocycles. The minimum atomic E-state index is -4.66. The lowest BCUT2D eigenvalue weighted by atomic mass is 9.96. The molecule has 0 bridgehead atoms. The third kappa shape index (κ3) is 4.25. The summed E-state index contributed by atoms with van der Waals surface area (Å²) >= 11 is 0. The molecule has 1 atom stereocenters.